The first kappa shape index (κ1) is 7.98. The summed E-state index contributed by atoms with van der Waals surface area (Å²) in [6, 6.07) is 3.19. The number of benzene rings is 1. The van der Waals surface area contributed by atoms with Crippen molar-refractivity contribution in [2.75, 3.05) is 6.61 Å². The number of rotatable bonds is 0. The number of fused-ring (bicyclic) bond motifs is 1. The number of phenols is 2. The first-order chi connectivity index (χ1) is 6.20. The van der Waals surface area contributed by atoms with Crippen LogP contribution < -0.4 is 4.74 Å². The Morgan fingerprint density at radius 3 is 2.85 bits per heavy atom. The summed E-state index contributed by atoms with van der Waals surface area (Å²) in [6.45, 7) is 2.38. The molecule has 1 aliphatic rings. The van der Waals surface area contributed by atoms with Crippen LogP contribution >= 0.6 is 0 Å². The number of ether oxygens (including phenoxy) is 1. The predicted molar refractivity (Wildman–Crippen MR) is 48.9 cm³/mol. The van der Waals surface area contributed by atoms with Gasteiger partial charge in [0.05, 0.1) is 0 Å². The van der Waals surface area contributed by atoms with E-state index in [9.17, 15) is 10.2 Å². The van der Waals surface area contributed by atoms with E-state index in [0.717, 1.165) is 11.1 Å². The normalized spacial score (nSPS) is 14.4. The van der Waals surface area contributed by atoms with Gasteiger partial charge in [-0.1, -0.05) is 0 Å². The van der Waals surface area contributed by atoms with Crippen molar-refractivity contribution in [2.24, 2.45) is 0 Å². The second-order valence-corrected chi connectivity index (χ2v) is 3.01. The van der Waals surface area contributed by atoms with Gasteiger partial charge in [0.25, 0.3) is 0 Å². The van der Waals surface area contributed by atoms with Crippen LogP contribution in [0.4, 0.5) is 0 Å². The van der Waals surface area contributed by atoms with E-state index in [4.69, 9.17) is 4.74 Å². The third-order valence-corrected chi connectivity index (χ3v) is 2.15. The van der Waals surface area contributed by atoms with Crippen molar-refractivity contribution in [1.29, 1.82) is 0 Å². The summed E-state index contributed by atoms with van der Waals surface area (Å²) in [5.74, 6) is 0.0541. The molecule has 0 fully saturated rings. The van der Waals surface area contributed by atoms with Gasteiger partial charge in [0, 0.05) is 5.56 Å². The summed E-state index contributed by atoms with van der Waals surface area (Å²) in [6.07, 6.45) is 1.93. The molecule has 1 aromatic rings. The van der Waals surface area contributed by atoms with Crippen LogP contribution in [0, 0.1) is 0 Å². The van der Waals surface area contributed by atoms with Crippen molar-refractivity contribution in [3.8, 4) is 17.2 Å². The summed E-state index contributed by atoms with van der Waals surface area (Å²) < 4.78 is 5.22. The van der Waals surface area contributed by atoms with Crippen LogP contribution in [-0.2, 0) is 0 Å². The Balaban J connectivity index is 2.65. The Hall–Kier alpha value is -1.64. The van der Waals surface area contributed by atoms with Gasteiger partial charge in [-0.05, 0) is 30.7 Å². The fourth-order valence-electron chi connectivity index (χ4n) is 1.38. The molecule has 1 heterocycles. The third-order valence-electron chi connectivity index (χ3n) is 2.15. The molecule has 1 aromatic carbocycles. The van der Waals surface area contributed by atoms with Crippen LogP contribution in [0.15, 0.2) is 18.2 Å². The topological polar surface area (TPSA) is 49.7 Å². The van der Waals surface area contributed by atoms with E-state index in [1.807, 2.05) is 13.0 Å². The molecule has 3 nitrogen and oxygen atoms in total. The van der Waals surface area contributed by atoms with Gasteiger partial charge < -0.3 is 14.9 Å². The molecule has 13 heavy (non-hydrogen) atoms. The molecular formula is C10H10O3. The van der Waals surface area contributed by atoms with E-state index in [-0.39, 0.29) is 11.5 Å². The molecular weight excluding hydrogens is 168 g/mol. The van der Waals surface area contributed by atoms with E-state index < -0.39 is 0 Å². The van der Waals surface area contributed by atoms with Crippen molar-refractivity contribution in [1.82, 2.24) is 0 Å². The molecule has 0 unspecified atom stereocenters. The minimum Gasteiger partial charge on any atom is -0.504 e. The van der Waals surface area contributed by atoms with Crippen molar-refractivity contribution in [2.45, 2.75) is 6.92 Å². The van der Waals surface area contributed by atoms with E-state index in [2.05, 4.69) is 0 Å². The van der Waals surface area contributed by atoms with Crippen molar-refractivity contribution in [3.63, 3.8) is 0 Å². The van der Waals surface area contributed by atoms with Crippen molar-refractivity contribution in [3.05, 3.63) is 23.8 Å². The largest absolute Gasteiger partial charge is 0.504 e. The fourth-order valence-corrected chi connectivity index (χ4v) is 1.38. The van der Waals surface area contributed by atoms with Gasteiger partial charge in [-0.3, -0.25) is 0 Å². The Kier molecular flexibility index (Phi) is 1.65. The summed E-state index contributed by atoms with van der Waals surface area (Å²) in [5, 5.41) is 18.7. The highest BCUT2D eigenvalue weighted by atomic mass is 16.5. The van der Waals surface area contributed by atoms with Crippen LogP contribution in [0.2, 0.25) is 0 Å². The summed E-state index contributed by atoms with van der Waals surface area (Å²) in [4.78, 5) is 0. The number of allylic oxidation sites excluding steroid dienone is 1. The summed E-state index contributed by atoms with van der Waals surface area (Å²) >= 11 is 0. The molecule has 0 bridgehead atoms. The first-order valence-electron chi connectivity index (χ1n) is 4.05. The summed E-state index contributed by atoms with van der Waals surface area (Å²) in [7, 11) is 0. The number of aromatic hydroxyl groups is 2. The van der Waals surface area contributed by atoms with Gasteiger partial charge in [0.15, 0.2) is 11.5 Å². The van der Waals surface area contributed by atoms with Gasteiger partial charge in [-0.25, -0.2) is 0 Å². The van der Waals surface area contributed by atoms with Gasteiger partial charge in [-0.15, -0.1) is 0 Å². The van der Waals surface area contributed by atoms with Crippen LogP contribution in [0.3, 0.4) is 0 Å². The molecule has 0 aromatic heterocycles. The lowest BCUT2D eigenvalue weighted by molar-refractivity contribution is 0.319. The van der Waals surface area contributed by atoms with Gasteiger partial charge >= 0.3 is 0 Å². The lowest BCUT2D eigenvalue weighted by atomic mass is 10.0. The number of phenolic OH excluding ortho intramolecular Hbond substituents is 2. The molecule has 0 saturated heterocycles. The maximum absolute atomic E-state index is 9.46. The van der Waals surface area contributed by atoms with E-state index in [1.165, 1.54) is 6.07 Å². The highest BCUT2D eigenvalue weighted by Crippen LogP contribution is 2.42. The molecule has 0 aliphatic carbocycles. The summed E-state index contributed by atoms with van der Waals surface area (Å²) in [5.41, 5.74) is 1.89. The second kappa shape index (κ2) is 2.69. The molecule has 2 N–H and O–H groups in total. The average Bonchev–Trinajstić information content (AvgIpc) is 2.12. The molecule has 0 radical (unpaired) electrons. The lowest BCUT2D eigenvalue weighted by Gasteiger charge is -2.17. The minimum absolute atomic E-state index is 0.145. The van der Waals surface area contributed by atoms with Crippen LogP contribution in [0.5, 0.6) is 17.2 Å². The molecule has 0 spiro atoms. The molecule has 0 saturated carbocycles. The van der Waals surface area contributed by atoms with Crippen LogP contribution in [0.25, 0.3) is 5.57 Å². The van der Waals surface area contributed by atoms with Crippen molar-refractivity contribution < 1.29 is 14.9 Å². The fraction of sp³-hybridized carbons (Fsp3) is 0.200. The Morgan fingerprint density at radius 1 is 1.31 bits per heavy atom. The molecule has 0 atom stereocenters. The SMILES string of the molecule is CC1=CCOc2c1ccc(O)c2O. The maximum Gasteiger partial charge on any atom is 0.201 e. The van der Waals surface area contributed by atoms with E-state index >= 15 is 0 Å². The standard InChI is InChI=1S/C10H10O3/c1-6-4-5-13-10-7(6)2-3-8(11)9(10)12/h2-4,11-12H,5H2,1H3. The highest BCUT2D eigenvalue weighted by molar-refractivity contribution is 5.75. The zero-order chi connectivity index (χ0) is 9.42. The Morgan fingerprint density at radius 2 is 2.08 bits per heavy atom. The first-order valence-corrected chi connectivity index (χ1v) is 4.05. The van der Waals surface area contributed by atoms with Crippen molar-refractivity contribution >= 4 is 5.57 Å². The monoisotopic (exact) mass is 178 g/mol. The predicted octanol–water partition coefficient (Wildman–Crippen LogP) is 1.89. The zero-order valence-corrected chi connectivity index (χ0v) is 7.24. The van der Waals surface area contributed by atoms with E-state index in [1.54, 1.807) is 6.07 Å². The third kappa shape index (κ3) is 1.13. The average molecular weight is 178 g/mol. The zero-order valence-electron chi connectivity index (χ0n) is 7.24. The minimum atomic E-state index is -0.176. The molecule has 0 amide bonds. The van der Waals surface area contributed by atoms with Crippen LogP contribution in [-0.4, -0.2) is 16.8 Å². The van der Waals surface area contributed by atoms with Gasteiger partial charge in [0.2, 0.25) is 5.75 Å². The number of hydrogen-bond acceptors (Lipinski definition) is 3. The lowest BCUT2D eigenvalue weighted by Crippen LogP contribution is -2.03. The highest BCUT2D eigenvalue weighted by Gasteiger charge is 2.17. The smallest absolute Gasteiger partial charge is 0.201 e. The molecule has 1 aliphatic heterocycles. The Labute approximate surface area is 75.9 Å². The van der Waals surface area contributed by atoms with Crippen LogP contribution in [0.1, 0.15) is 12.5 Å². The Bertz CT molecular complexity index is 380. The molecule has 2 rings (SSSR count). The number of hydrogen-bond donors (Lipinski definition) is 2. The molecule has 68 valence electrons. The quantitative estimate of drug-likeness (QED) is 0.596. The van der Waals surface area contributed by atoms with Gasteiger partial charge in [0.1, 0.15) is 6.61 Å². The van der Waals surface area contributed by atoms with Gasteiger partial charge in [-0.2, -0.15) is 0 Å². The second-order valence-electron chi connectivity index (χ2n) is 3.01. The molecule has 3 heteroatoms. The maximum atomic E-state index is 9.46. The van der Waals surface area contributed by atoms with E-state index in [0.29, 0.717) is 12.4 Å².